The van der Waals surface area contributed by atoms with Gasteiger partial charge in [-0.1, -0.05) is 18.2 Å². The summed E-state index contributed by atoms with van der Waals surface area (Å²) >= 11 is 0. The first-order valence-corrected chi connectivity index (χ1v) is 11.4. The van der Waals surface area contributed by atoms with E-state index >= 15 is 0 Å². The fourth-order valence-corrected chi connectivity index (χ4v) is 4.38. The maximum atomic E-state index is 14.1. The van der Waals surface area contributed by atoms with E-state index in [0.717, 1.165) is 29.4 Å². The number of carbonyl (C=O) groups excluding carboxylic acids is 2. The van der Waals surface area contributed by atoms with E-state index in [1.54, 1.807) is 34.2 Å². The molecule has 0 N–H and O–H groups in total. The summed E-state index contributed by atoms with van der Waals surface area (Å²) in [4.78, 5) is 32.2. The van der Waals surface area contributed by atoms with Gasteiger partial charge in [0.05, 0.1) is 16.8 Å². The van der Waals surface area contributed by atoms with Crippen molar-refractivity contribution < 1.29 is 18.4 Å². The van der Waals surface area contributed by atoms with Crippen molar-refractivity contribution in [2.45, 2.75) is 12.8 Å². The highest BCUT2D eigenvalue weighted by molar-refractivity contribution is 6.01. The number of carbonyl (C=O) groups is 2. The molecule has 5 rings (SSSR count). The van der Waals surface area contributed by atoms with Gasteiger partial charge < -0.3 is 4.90 Å². The molecule has 1 aliphatic rings. The molecule has 0 atom stereocenters. The van der Waals surface area contributed by atoms with Crippen LogP contribution in [-0.2, 0) is 0 Å². The molecule has 1 saturated heterocycles. The van der Waals surface area contributed by atoms with Gasteiger partial charge in [-0.15, -0.1) is 0 Å². The minimum Gasteiger partial charge on any atom is -0.338 e. The van der Waals surface area contributed by atoms with Crippen molar-refractivity contribution in [3.63, 3.8) is 0 Å². The Hall–Kier alpha value is -4.20. The molecular weight excluding hydrogens is 450 g/mol. The lowest BCUT2D eigenvalue weighted by molar-refractivity contribution is 0.0649. The number of hydrogen-bond acceptors (Lipinski definition) is 4. The molecule has 176 valence electrons. The van der Waals surface area contributed by atoms with E-state index in [9.17, 15) is 18.4 Å². The predicted octanol–water partition coefficient (Wildman–Crippen LogP) is 4.95. The van der Waals surface area contributed by atoms with Gasteiger partial charge >= 0.3 is 0 Å². The van der Waals surface area contributed by atoms with Gasteiger partial charge in [-0.2, -0.15) is 5.10 Å². The van der Waals surface area contributed by atoms with Crippen molar-refractivity contribution in [2.75, 3.05) is 13.1 Å². The summed E-state index contributed by atoms with van der Waals surface area (Å²) in [5.74, 6) is -2.49. The maximum absolute atomic E-state index is 14.1. The number of Topliss-reactive ketones (excluding diaryl/α,β-unsaturated/α-hetero) is 1. The number of aromatic nitrogens is 3. The van der Waals surface area contributed by atoms with Crippen LogP contribution in [0.25, 0.3) is 16.9 Å². The van der Waals surface area contributed by atoms with E-state index < -0.39 is 23.3 Å². The molecule has 1 fully saturated rings. The first-order valence-electron chi connectivity index (χ1n) is 11.4. The summed E-state index contributed by atoms with van der Waals surface area (Å²) in [6.45, 7) is 0.657. The van der Waals surface area contributed by atoms with Crippen molar-refractivity contribution in [3.8, 4) is 16.9 Å². The van der Waals surface area contributed by atoms with Gasteiger partial charge in [-0.25, -0.2) is 13.5 Å². The molecule has 4 aromatic rings. The van der Waals surface area contributed by atoms with Crippen molar-refractivity contribution in [1.82, 2.24) is 19.7 Å². The van der Waals surface area contributed by atoms with Crippen molar-refractivity contribution in [3.05, 3.63) is 102 Å². The van der Waals surface area contributed by atoms with Crippen LogP contribution < -0.4 is 0 Å². The molecule has 0 bridgehead atoms. The number of piperidine rings is 1. The Balaban J connectivity index is 1.38. The molecular formula is C27H22F2N4O2. The van der Waals surface area contributed by atoms with Crippen molar-refractivity contribution in [1.29, 1.82) is 0 Å². The zero-order valence-corrected chi connectivity index (χ0v) is 18.8. The number of pyridine rings is 1. The quantitative estimate of drug-likeness (QED) is 0.386. The standard InChI is InChI=1S/C27H22F2N4O2/c28-20-8-9-24(29)22(15-20)26(34)18-10-13-32(14-11-18)27(35)23-17-33(21-6-2-1-3-7-21)31-25(23)19-5-4-12-30-16-19/h1-9,12,15-18H,10-11,13-14H2. The fourth-order valence-electron chi connectivity index (χ4n) is 4.38. The van der Waals surface area contributed by atoms with Gasteiger partial charge in [0, 0.05) is 43.2 Å². The number of halogens is 2. The van der Waals surface area contributed by atoms with Crippen molar-refractivity contribution in [2.24, 2.45) is 5.92 Å². The smallest absolute Gasteiger partial charge is 0.257 e. The lowest BCUT2D eigenvalue weighted by Gasteiger charge is -2.31. The Bertz CT molecular complexity index is 1360. The van der Waals surface area contributed by atoms with Crippen LogP contribution in [0, 0.1) is 17.6 Å². The third-order valence-corrected chi connectivity index (χ3v) is 6.25. The molecule has 1 aliphatic heterocycles. The van der Waals surface area contributed by atoms with E-state index in [2.05, 4.69) is 10.1 Å². The number of ketones is 1. The van der Waals surface area contributed by atoms with Crippen LogP contribution in [-0.4, -0.2) is 44.4 Å². The molecule has 0 aliphatic carbocycles. The van der Waals surface area contributed by atoms with Crippen LogP contribution in [0.15, 0.2) is 79.3 Å². The fraction of sp³-hybridized carbons (Fsp3) is 0.185. The van der Waals surface area contributed by atoms with E-state index in [0.29, 0.717) is 37.2 Å². The molecule has 0 unspecified atom stereocenters. The van der Waals surface area contributed by atoms with Gasteiger partial charge in [0.15, 0.2) is 5.78 Å². The SMILES string of the molecule is O=C(c1cc(F)ccc1F)C1CCN(C(=O)c2cn(-c3ccccc3)nc2-c2cccnc2)CC1. The van der Waals surface area contributed by atoms with Crippen LogP contribution in [0.4, 0.5) is 8.78 Å². The zero-order chi connectivity index (χ0) is 24.4. The monoisotopic (exact) mass is 472 g/mol. The molecule has 3 heterocycles. The molecule has 2 aromatic heterocycles. The van der Waals surface area contributed by atoms with Crippen molar-refractivity contribution >= 4 is 11.7 Å². The summed E-state index contributed by atoms with van der Waals surface area (Å²) in [6.07, 6.45) is 5.76. The number of hydrogen-bond donors (Lipinski definition) is 0. The molecule has 6 nitrogen and oxygen atoms in total. The van der Waals surface area contributed by atoms with Gasteiger partial charge in [0.1, 0.15) is 17.3 Å². The van der Waals surface area contributed by atoms with Crippen LogP contribution >= 0.6 is 0 Å². The van der Waals surface area contributed by atoms with Gasteiger partial charge in [0.25, 0.3) is 5.91 Å². The second-order valence-corrected chi connectivity index (χ2v) is 8.47. The largest absolute Gasteiger partial charge is 0.338 e. The molecule has 0 saturated carbocycles. The Morgan fingerprint density at radius 2 is 1.69 bits per heavy atom. The number of para-hydroxylation sites is 1. The highest BCUT2D eigenvalue weighted by Crippen LogP contribution is 2.28. The van der Waals surface area contributed by atoms with Gasteiger partial charge in [-0.05, 0) is 55.3 Å². The minimum atomic E-state index is -0.732. The number of amides is 1. The second-order valence-electron chi connectivity index (χ2n) is 8.47. The number of likely N-dealkylation sites (tertiary alicyclic amines) is 1. The predicted molar refractivity (Wildman–Crippen MR) is 126 cm³/mol. The summed E-state index contributed by atoms with van der Waals surface area (Å²) in [5, 5.41) is 4.67. The minimum absolute atomic E-state index is 0.200. The van der Waals surface area contributed by atoms with E-state index in [1.165, 1.54) is 0 Å². The average Bonchev–Trinajstić information content (AvgIpc) is 3.36. The molecule has 1 amide bonds. The average molecular weight is 472 g/mol. The number of benzene rings is 2. The Labute approximate surface area is 200 Å². The number of nitrogens with zero attached hydrogens (tertiary/aromatic N) is 4. The normalized spacial score (nSPS) is 14.2. The summed E-state index contributed by atoms with van der Waals surface area (Å²) < 4.78 is 29.3. The van der Waals surface area contributed by atoms with Crippen LogP contribution in [0.1, 0.15) is 33.6 Å². The van der Waals surface area contributed by atoms with Gasteiger partial charge in [-0.3, -0.25) is 14.6 Å². The van der Waals surface area contributed by atoms with Crippen LogP contribution in [0.2, 0.25) is 0 Å². The molecule has 35 heavy (non-hydrogen) atoms. The highest BCUT2D eigenvalue weighted by atomic mass is 19.1. The molecule has 8 heteroatoms. The lowest BCUT2D eigenvalue weighted by Crippen LogP contribution is -2.40. The molecule has 0 spiro atoms. The Morgan fingerprint density at radius 1 is 0.914 bits per heavy atom. The van der Waals surface area contributed by atoms with E-state index in [1.807, 2.05) is 36.4 Å². The van der Waals surface area contributed by atoms with Crippen LogP contribution in [0.5, 0.6) is 0 Å². The summed E-state index contributed by atoms with van der Waals surface area (Å²) in [5.41, 5.74) is 2.25. The second kappa shape index (κ2) is 9.58. The number of rotatable bonds is 5. The topological polar surface area (TPSA) is 68.1 Å². The first kappa shape index (κ1) is 22.6. The lowest BCUT2D eigenvalue weighted by atomic mass is 9.88. The highest BCUT2D eigenvalue weighted by Gasteiger charge is 2.31. The summed E-state index contributed by atoms with van der Waals surface area (Å²) in [7, 11) is 0. The summed E-state index contributed by atoms with van der Waals surface area (Å²) in [6, 6.07) is 16.0. The molecule has 2 aromatic carbocycles. The van der Waals surface area contributed by atoms with Crippen LogP contribution in [0.3, 0.4) is 0 Å². The van der Waals surface area contributed by atoms with E-state index in [4.69, 9.17) is 0 Å². The Morgan fingerprint density at radius 3 is 2.40 bits per heavy atom. The third kappa shape index (κ3) is 4.59. The maximum Gasteiger partial charge on any atom is 0.257 e. The zero-order valence-electron chi connectivity index (χ0n) is 18.8. The van der Waals surface area contributed by atoms with Gasteiger partial charge in [0.2, 0.25) is 0 Å². The first-order chi connectivity index (χ1) is 17.0. The third-order valence-electron chi connectivity index (χ3n) is 6.25. The van der Waals surface area contributed by atoms with E-state index in [-0.39, 0.29) is 11.5 Å². The molecule has 0 radical (unpaired) electrons. The Kier molecular flexibility index (Phi) is 6.18.